The maximum Gasteiger partial charge on any atom is 0.242 e. The molecule has 1 saturated carbocycles. The summed E-state index contributed by atoms with van der Waals surface area (Å²) in [6.07, 6.45) is 5.85. The van der Waals surface area contributed by atoms with E-state index in [1.54, 1.807) is 12.3 Å². The van der Waals surface area contributed by atoms with Crippen molar-refractivity contribution in [3.05, 3.63) is 18.0 Å². The fourth-order valence-corrected chi connectivity index (χ4v) is 3.61. The Labute approximate surface area is 125 Å². The van der Waals surface area contributed by atoms with E-state index >= 15 is 0 Å². The van der Waals surface area contributed by atoms with Crippen LogP contribution in [0.2, 0.25) is 0 Å². The second kappa shape index (κ2) is 6.48. The molecule has 0 atom stereocenters. The van der Waals surface area contributed by atoms with Gasteiger partial charge >= 0.3 is 0 Å². The molecule has 0 aromatic carbocycles. The molecule has 7 heteroatoms. The molecule has 1 aliphatic carbocycles. The second-order valence-electron chi connectivity index (χ2n) is 5.92. The third-order valence-corrected chi connectivity index (χ3v) is 5.49. The van der Waals surface area contributed by atoms with Crippen molar-refractivity contribution in [1.82, 2.24) is 15.0 Å². The zero-order valence-corrected chi connectivity index (χ0v) is 12.9. The van der Waals surface area contributed by atoms with E-state index in [0.29, 0.717) is 29.9 Å². The zero-order chi connectivity index (χ0) is 14.7. The normalized spacial score (nSPS) is 20.8. The van der Waals surface area contributed by atoms with Gasteiger partial charge in [0.15, 0.2) is 0 Å². The molecule has 1 aliphatic heterocycles. The third kappa shape index (κ3) is 4.29. The van der Waals surface area contributed by atoms with Crippen LogP contribution in [0.1, 0.15) is 31.4 Å². The number of sulfonamides is 1. The predicted octanol–water partition coefficient (Wildman–Crippen LogP) is 0.972. The minimum Gasteiger partial charge on any atom is -0.381 e. The monoisotopic (exact) mass is 313 g/mol. The minimum atomic E-state index is -3.41. The summed E-state index contributed by atoms with van der Waals surface area (Å²) >= 11 is 0. The summed E-state index contributed by atoms with van der Waals surface area (Å²) in [4.78, 5) is 3.35. The Bertz CT molecular complexity index is 560. The maximum absolute atomic E-state index is 12.3. The van der Waals surface area contributed by atoms with E-state index in [0.717, 1.165) is 31.7 Å². The Balaban J connectivity index is 1.53. The first-order valence-electron chi connectivity index (χ1n) is 7.61. The van der Waals surface area contributed by atoms with Crippen molar-refractivity contribution in [1.29, 1.82) is 0 Å². The molecule has 0 amide bonds. The number of aromatic amines is 1. The molecule has 2 heterocycles. The van der Waals surface area contributed by atoms with Gasteiger partial charge in [0.25, 0.3) is 0 Å². The first-order valence-corrected chi connectivity index (χ1v) is 9.10. The molecule has 0 spiro atoms. The van der Waals surface area contributed by atoms with Crippen LogP contribution >= 0.6 is 0 Å². The van der Waals surface area contributed by atoms with Gasteiger partial charge in [-0.25, -0.2) is 13.1 Å². The number of aromatic nitrogens is 1. The fourth-order valence-electron chi connectivity index (χ4n) is 2.48. The summed E-state index contributed by atoms with van der Waals surface area (Å²) in [5.74, 6) is 0.378. The predicted molar refractivity (Wildman–Crippen MR) is 79.4 cm³/mol. The third-order valence-electron chi connectivity index (χ3n) is 4.09. The Morgan fingerprint density at radius 2 is 2.00 bits per heavy atom. The summed E-state index contributed by atoms with van der Waals surface area (Å²) in [5, 5.41) is 3.36. The number of rotatable bonds is 7. The lowest BCUT2D eigenvalue weighted by Crippen LogP contribution is -2.32. The van der Waals surface area contributed by atoms with Crippen LogP contribution in [0.25, 0.3) is 0 Å². The van der Waals surface area contributed by atoms with Crippen LogP contribution in [0.5, 0.6) is 0 Å². The van der Waals surface area contributed by atoms with Crippen molar-refractivity contribution in [3.63, 3.8) is 0 Å². The molecule has 1 aromatic rings. The van der Waals surface area contributed by atoms with Gasteiger partial charge in [0.2, 0.25) is 10.0 Å². The molecule has 21 heavy (non-hydrogen) atoms. The maximum atomic E-state index is 12.3. The molecule has 118 valence electrons. The number of H-pyrrole nitrogens is 1. The fraction of sp³-hybridized carbons (Fsp3) is 0.714. The Kier molecular flexibility index (Phi) is 4.63. The van der Waals surface area contributed by atoms with E-state index in [1.807, 2.05) is 0 Å². The van der Waals surface area contributed by atoms with Crippen LogP contribution in [-0.4, -0.2) is 39.2 Å². The molecule has 2 fully saturated rings. The highest BCUT2D eigenvalue weighted by atomic mass is 32.2. The highest BCUT2D eigenvalue weighted by Crippen LogP contribution is 2.20. The molecular weight excluding hydrogens is 290 g/mol. The van der Waals surface area contributed by atoms with E-state index in [1.165, 1.54) is 12.8 Å². The average molecular weight is 313 g/mol. The highest BCUT2D eigenvalue weighted by Gasteiger charge is 2.22. The number of nitrogens with one attached hydrogen (secondary N) is 3. The smallest absolute Gasteiger partial charge is 0.242 e. The SMILES string of the molecule is O=S(=O)(NCC1CCOCC1)c1c[nH]c(CNC2CC2)c1. The molecule has 3 rings (SSSR count). The Morgan fingerprint density at radius 1 is 1.24 bits per heavy atom. The quantitative estimate of drug-likeness (QED) is 0.700. The lowest BCUT2D eigenvalue weighted by Gasteiger charge is -2.21. The van der Waals surface area contributed by atoms with E-state index in [9.17, 15) is 8.42 Å². The molecule has 0 bridgehead atoms. The van der Waals surface area contributed by atoms with Gasteiger partial charge in [-0.05, 0) is 37.7 Å². The zero-order valence-electron chi connectivity index (χ0n) is 12.1. The van der Waals surface area contributed by atoms with Gasteiger partial charge in [-0.1, -0.05) is 0 Å². The van der Waals surface area contributed by atoms with Crippen molar-refractivity contribution in [2.24, 2.45) is 5.92 Å². The van der Waals surface area contributed by atoms with E-state index < -0.39 is 10.0 Å². The van der Waals surface area contributed by atoms with Gasteiger partial charge in [0.05, 0.1) is 4.90 Å². The minimum absolute atomic E-state index is 0.321. The molecular formula is C14H23N3O3S. The standard InChI is InChI=1S/C14H23N3O3S/c18-21(19,17-8-11-3-5-20-6-4-11)14-7-13(16-10-14)9-15-12-1-2-12/h7,10-12,15-17H,1-6,8-9H2. The van der Waals surface area contributed by atoms with Crippen molar-refractivity contribution >= 4 is 10.0 Å². The van der Waals surface area contributed by atoms with Gasteiger partial charge in [0.1, 0.15) is 0 Å². The molecule has 1 saturated heterocycles. The summed E-state index contributed by atoms with van der Waals surface area (Å²) in [5.41, 5.74) is 0.911. The van der Waals surface area contributed by atoms with Crippen molar-refractivity contribution < 1.29 is 13.2 Å². The van der Waals surface area contributed by atoms with Crippen LogP contribution in [-0.2, 0) is 21.3 Å². The van der Waals surface area contributed by atoms with Crippen LogP contribution in [0, 0.1) is 5.92 Å². The topological polar surface area (TPSA) is 83.2 Å². The lowest BCUT2D eigenvalue weighted by molar-refractivity contribution is 0.0678. The number of ether oxygens (including phenoxy) is 1. The van der Waals surface area contributed by atoms with E-state index in [4.69, 9.17) is 4.74 Å². The van der Waals surface area contributed by atoms with Crippen molar-refractivity contribution in [3.8, 4) is 0 Å². The first-order chi connectivity index (χ1) is 10.1. The Hall–Kier alpha value is -0.890. The Morgan fingerprint density at radius 3 is 2.71 bits per heavy atom. The average Bonchev–Trinajstić information content (AvgIpc) is 3.20. The highest BCUT2D eigenvalue weighted by molar-refractivity contribution is 7.89. The molecule has 0 unspecified atom stereocenters. The van der Waals surface area contributed by atoms with E-state index in [-0.39, 0.29) is 0 Å². The largest absolute Gasteiger partial charge is 0.381 e. The van der Waals surface area contributed by atoms with Crippen LogP contribution in [0.4, 0.5) is 0 Å². The van der Waals surface area contributed by atoms with Gasteiger partial charge in [0, 0.05) is 44.2 Å². The molecule has 3 N–H and O–H groups in total. The van der Waals surface area contributed by atoms with Gasteiger partial charge in [-0.3, -0.25) is 0 Å². The second-order valence-corrected chi connectivity index (χ2v) is 7.69. The number of hydrogen-bond acceptors (Lipinski definition) is 4. The van der Waals surface area contributed by atoms with Gasteiger partial charge < -0.3 is 15.0 Å². The molecule has 6 nitrogen and oxygen atoms in total. The number of hydrogen-bond donors (Lipinski definition) is 3. The van der Waals surface area contributed by atoms with Crippen LogP contribution in [0.3, 0.4) is 0 Å². The van der Waals surface area contributed by atoms with Crippen molar-refractivity contribution in [2.45, 2.75) is 43.2 Å². The summed E-state index contributed by atoms with van der Waals surface area (Å²) in [7, 11) is -3.41. The summed E-state index contributed by atoms with van der Waals surface area (Å²) < 4.78 is 32.5. The van der Waals surface area contributed by atoms with Gasteiger partial charge in [-0.15, -0.1) is 0 Å². The summed E-state index contributed by atoms with van der Waals surface area (Å²) in [6, 6.07) is 2.32. The van der Waals surface area contributed by atoms with E-state index in [2.05, 4.69) is 15.0 Å². The van der Waals surface area contributed by atoms with Gasteiger partial charge in [-0.2, -0.15) is 0 Å². The van der Waals surface area contributed by atoms with Crippen LogP contribution < -0.4 is 10.0 Å². The molecule has 1 aromatic heterocycles. The summed E-state index contributed by atoms with van der Waals surface area (Å²) in [6.45, 7) is 2.65. The first kappa shape index (κ1) is 15.0. The van der Waals surface area contributed by atoms with Crippen molar-refractivity contribution in [2.75, 3.05) is 19.8 Å². The lowest BCUT2D eigenvalue weighted by atomic mass is 10.0. The van der Waals surface area contributed by atoms with Crippen LogP contribution in [0.15, 0.2) is 17.2 Å². The molecule has 2 aliphatic rings. The molecule has 0 radical (unpaired) electrons.